The van der Waals surface area contributed by atoms with Crippen LogP contribution in [0.5, 0.6) is 0 Å². The lowest BCUT2D eigenvalue weighted by Crippen LogP contribution is -2.51. The smallest absolute Gasteiger partial charge is 0.407 e. The molecule has 3 atom stereocenters. The van der Waals surface area contributed by atoms with Gasteiger partial charge in [0.1, 0.15) is 22.8 Å². The van der Waals surface area contributed by atoms with Crippen molar-refractivity contribution in [3.63, 3.8) is 0 Å². The summed E-state index contributed by atoms with van der Waals surface area (Å²) in [6, 6.07) is 3.18. The van der Waals surface area contributed by atoms with Crippen LogP contribution in [0.4, 0.5) is 23.8 Å². The maximum atomic E-state index is 15.4. The molecule has 1 saturated heterocycles. The van der Waals surface area contributed by atoms with Gasteiger partial charge in [0, 0.05) is 25.4 Å². The largest absolute Gasteiger partial charge is 0.477 e. The van der Waals surface area contributed by atoms with E-state index < -0.39 is 46.1 Å². The molecular weight excluding hydrogens is 505 g/mol. The number of ether oxygens (including phenoxy) is 1. The quantitative estimate of drug-likeness (QED) is 0.527. The number of aromatic nitrogens is 2. The molecule has 1 aliphatic heterocycles. The van der Waals surface area contributed by atoms with E-state index in [1.54, 1.807) is 25.7 Å². The maximum Gasteiger partial charge on any atom is 0.407 e. The number of nitrogens with one attached hydrogen (secondary N) is 1. The molecule has 2 aromatic heterocycles. The van der Waals surface area contributed by atoms with Crippen molar-refractivity contribution in [1.29, 1.82) is 0 Å². The van der Waals surface area contributed by atoms with Crippen molar-refractivity contribution in [3.05, 3.63) is 63.7 Å². The van der Waals surface area contributed by atoms with Crippen molar-refractivity contribution < 1.29 is 32.6 Å². The summed E-state index contributed by atoms with van der Waals surface area (Å²) in [5.74, 6) is -4.12. The van der Waals surface area contributed by atoms with Gasteiger partial charge in [0.25, 0.3) is 0 Å². The number of hydrogen-bond donors (Lipinski definition) is 2. The van der Waals surface area contributed by atoms with Crippen LogP contribution in [0.3, 0.4) is 0 Å². The maximum absolute atomic E-state index is 15.4. The van der Waals surface area contributed by atoms with Gasteiger partial charge in [-0.2, -0.15) is 0 Å². The van der Waals surface area contributed by atoms with Crippen LogP contribution in [0.15, 0.2) is 35.3 Å². The van der Waals surface area contributed by atoms with E-state index in [1.165, 1.54) is 0 Å². The van der Waals surface area contributed by atoms with Gasteiger partial charge in [0.2, 0.25) is 5.43 Å². The van der Waals surface area contributed by atoms with Crippen LogP contribution in [0, 0.1) is 29.3 Å². The van der Waals surface area contributed by atoms with Gasteiger partial charge in [-0.3, -0.25) is 9.36 Å². The van der Waals surface area contributed by atoms with Crippen LogP contribution >= 0.6 is 0 Å². The molecule has 2 fully saturated rings. The number of carboxylic acids is 1. The molecule has 9 nitrogen and oxygen atoms in total. The highest BCUT2D eigenvalue weighted by Crippen LogP contribution is 2.46. The number of anilines is 1. The minimum Gasteiger partial charge on any atom is -0.477 e. The summed E-state index contributed by atoms with van der Waals surface area (Å²) < 4.78 is 50.0. The van der Waals surface area contributed by atoms with Crippen molar-refractivity contribution >= 4 is 28.9 Å². The first-order valence-corrected chi connectivity index (χ1v) is 12.0. The lowest BCUT2D eigenvalue weighted by atomic mass is 10.1. The number of carbonyl (C=O) groups excluding carboxylic acids is 1. The minimum atomic E-state index is -1.59. The minimum absolute atomic E-state index is 0.141. The van der Waals surface area contributed by atoms with E-state index in [4.69, 9.17) is 4.74 Å². The molecule has 5 rings (SSSR count). The van der Waals surface area contributed by atoms with E-state index in [9.17, 15) is 28.3 Å². The summed E-state index contributed by atoms with van der Waals surface area (Å²) in [6.45, 7) is 5.88. The highest BCUT2D eigenvalue weighted by molar-refractivity contribution is 5.92. The lowest BCUT2D eigenvalue weighted by molar-refractivity contribution is 0.0494. The Balaban J connectivity index is 1.58. The van der Waals surface area contributed by atoms with Gasteiger partial charge in [-0.1, -0.05) is 0 Å². The summed E-state index contributed by atoms with van der Waals surface area (Å²) in [5, 5.41) is 12.0. The molecule has 200 valence electrons. The standard InChI is InChI=1S/C26H25F3N4O5/c1-26(2,3)38-25(37)30-19-11-32(9-12-6-14(12)19)23-18(29)8-15-21(34)16(24(35)36)10-33(22(15)31-23)20-5-4-13(27)7-17(20)28/h4-5,7-8,10,12,14,19H,6,9,11H2,1-3H3,(H,30,37)(H,35,36)/t12-,14-,19-/m0/s1. The van der Waals surface area contributed by atoms with Gasteiger partial charge in [-0.05, 0) is 57.2 Å². The summed E-state index contributed by atoms with van der Waals surface area (Å²) in [6.07, 6.45) is 1.11. The molecule has 1 amide bonds. The predicted molar refractivity (Wildman–Crippen MR) is 131 cm³/mol. The molecule has 0 bridgehead atoms. The monoisotopic (exact) mass is 530 g/mol. The molecule has 0 radical (unpaired) electrons. The molecule has 1 aliphatic carbocycles. The molecule has 0 unspecified atom stereocenters. The van der Waals surface area contributed by atoms with Crippen molar-refractivity contribution in [2.75, 3.05) is 18.0 Å². The van der Waals surface area contributed by atoms with Crippen molar-refractivity contribution in [2.24, 2.45) is 11.8 Å². The van der Waals surface area contributed by atoms with Gasteiger partial charge < -0.3 is 20.1 Å². The number of aromatic carboxylic acids is 1. The van der Waals surface area contributed by atoms with Crippen molar-refractivity contribution in [3.8, 4) is 5.69 Å². The third-order valence-corrected chi connectivity index (χ3v) is 6.68. The first-order valence-electron chi connectivity index (χ1n) is 12.0. The molecule has 12 heteroatoms. The Hall–Kier alpha value is -4.09. The Morgan fingerprint density at radius 1 is 1.13 bits per heavy atom. The molecule has 38 heavy (non-hydrogen) atoms. The topological polar surface area (TPSA) is 114 Å². The highest BCUT2D eigenvalue weighted by Gasteiger charge is 2.49. The normalized spacial score (nSPS) is 20.7. The fraction of sp³-hybridized carbons (Fsp3) is 0.385. The average Bonchev–Trinajstić information content (AvgIpc) is 3.58. The number of hydrogen-bond acceptors (Lipinski definition) is 6. The van der Waals surface area contributed by atoms with E-state index in [1.807, 2.05) is 0 Å². The highest BCUT2D eigenvalue weighted by atomic mass is 19.1. The van der Waals surface area contributed by atoms with Gasteiger partial charge in [-0.25, -0.2) is 27.7 Å². The molecule has 1 aromatic carbocycles. The van der Waals surface area contributed by atoms with Crippen molar-refractivity contribution in [2.45, 2.75) is 38.8 Å². The molecule has 1 saturated carbocycles. The molecule has 2 N–H and O–H groups in total. The van der Waals surface area contributed by atoms with Crippen LogP contribution in [0.1, 0.15) is 37.6 Å². The van der Waals surface area contributed by atoms with Crippen molar-refractivity contribution in [1.82, 2.24) is 14.9 Å². The Labute approximate surface area is 214 Å². The van der Waals surface area contributed by atoms with Gasteiger partial charge >= 0.3 is 12.1 Å². The third kappa shape index (κ3) is 4.77. The molecule has 3 aromatic rings. The van der Waals surface area contributed by atoms with E-state index >= 15 is 4.39 Å². The zero-order valence-corrected chi connectivity index (χ0v) is 20.8. The Morgan fingerprint density at radius 3 is 2.53 bits per heavy atom. The second-order valence-electron chi connectivity index (χ2n) is 10.6. The number of fused-ring (bicyclic) bond motifs is 2. The molecular formula is C26H25F3N4O5. The Kier molecular flexibility index (Phi) is 6.07. The summed E-state index contributed by atoms with van der Waals surface area (Å²) >= 11 is 0. The number of carboxylic acid groups (broad SMARTS) is 1. The number of halogens is 3. The van der Waals surface area contributed by atoms with E-state index in [2.05, 4.69) is 10.3 Å². The first-order chi connectivity index (χ1) is 17.8. The van der Waals surface area contributed by atoms with Crippen LogP contribution in [0.25, 0.3) is 16.7 Å². The number of alkyl carbamates (subject to hydrolysis) is 1. The first kappa shape index (κ1) is 25.6. The van der Waals surface area contributed by atoms with Crippen LogP contribution in [-0.4, -0.2) is 51.5 Å². The van der Waals surface area contributed by atoms with Crippen LogP contribution < -0.4 is 15.6 Å². The SMILES string of the molecule is CC(C)(C)OC(=O)N[C@H]1CN(c2nc3c(cc2F)c(=O)c(C(=O)O)cn3-c2ccc(F)cc2F)C[C@@H]2C[C@@H]21. The number of amides is 1. The van der Waals surface area contributed by atoms with Crippen LogP contribution in [-0.2, 0) is 4.74 Å². The number of piperidine rings is 1. The van der Waals surface area contributed by atoms with E-state index in [-0.39, 0.29) is 47.0 Å². The zero-order chi connectivity index (χ0) is 27.5. The third-order valence-electron chi connectivity index (χ3n) is 6.68. The number of nitrogens with zero attached hydrogens (tertiary/aromatic N) is 3. The lowest BCUT2D eigenvalue weighted by Gasteiger charge is -2.34. The fourth-order valence-corrected chi connectivity index (χ4v) is 4.94. The molecule has 0 spiro atoms. The fourth-order valence-electron chi connectivity index (χ4n) is 4.94. The van der Waals surface area contributed by atoms with E-state index in [0.29, 0.717) is 12.6 Å². The molecule has 3 heterocycles. The Bertz CT molecular complexity index is 1530. The van der Waals surface area contributed by atoms with Gasteiger partial charge in [0.15, 0.2) is 17.3 Å². The number of benzene rings is 1. The average molecular weight is 531 g/mol. The van der Waals surface area contributed by atoms with Crippen LogP contribution in [0.2, 0.25) is 0 Å². The number of pyridine rings is 2. The zero-order valence-electron chi connectivity index (χ0n) is 20.8. The summed E-state index contributed by atoms with van der Waals surface area (Å²) in [7, 11) is 0. The van der Waals surface area contributed by atoms with E-state index in [0.717, 1.165) is 35.4 Å². The summed E-state index contributed by atoms with van der Waals surface area (Å²) in [4.78, 5) is 42.9. The predicted octanol–water partition coefficient (Wildman–Crippen LogP) is 3.85. The second-order valence-corrected chi connectivity index (χ2v) is 10.6. The summed E-state index contributed by atoms with van der Waals surface area (Å²) in [5.41, 5.74) is -2.88. The number of rotatable bonds is 4. The van der Waals surface area contributed by atoms with Gasteiger partial charge in [0.05, 0.1) is 17.1 Å². The number of carbonyl (C=O) groups is 2. The Morgan fingerprint density at radius 2 is 1.87 bits per heavy atom. The van der Waals surface area contributed by atoms with Gasteiger partial charge in [-0.15, -0.1) is 0 Å². The molecule has 2 aliphatic rings. The second kappa shape index (κ2) is 9.03.